The lowest BCUT2D eigenvalue weighted by atomic mass is 10.1. The van der Waals surface area contributed by atoms with E-state index in [1.165, 1.54) is 0 Å². The third kappa shape index (κ3) is 6.58. The highest BCUT2D eigenvalue weighted by molar-refractivity contribution is 6.30. The number of ketones is 1. The summed E-state index contributed by atoms with van der Waals surface area (Å²) in [4.78, 5) is 43.0. The topological polar surface area (TPSA) is 97.8 Å². The zero-order chi connectivity index (χ0) is 24.6. The van der Waals surface area contributed by atoms with E-state index in [4.69, 9.17) is 21.1 Å². The van der Waals surface area contributed by atoms with Crippen molar-refractivity contribution >= 4 is 34.9 Å². The molecule has 2 aromatic carbocycles. The third-order valence-corrected chi connectivity index (χ3v) is 5.62. The van der Waals surface area contributed by atoms with Gasteiger partial charge in [-0.25, -0.2) is 0 Å². The van der Waals surface area contributed by atoms with Crippen LogP contribution in [0.1, 0.15) is 28.8 Å². The monoisotopic (exact) mass is 493 g/mol. The third-order valence-electron chi connectivity index (χ3n) is 5.39. The van der Waals surface area contributed by atoms with E-state index >= 15 is 0 Å². The van der Waals surface area contributed by atoms with Gasteiger partial charge in [0.1, 0.15) is 11.5 Å². The predicted octanol–water partition coefficient (Wildman–Crippen LogP) is 3.82. The summed E-state index contributed by atoms with van der Waals surface area (Å²) < 4.78 is 11.1. The van der Waals surface area contributed by atoms with Gasteiger partial charge in [-0.15, -0.1) is 0 Å². The second-order valence-corrected chi connectivity index (χ2v) is 8.36. The number of nitrogens with zero attached hydrogens (tertiary/aromatic N) is 2. The number of benzene rings is 2. The lowest BCUT2D eigenvalue weighted by molar-refractivity contribution is -0.123. The Morgan fingerprint density at radius 2 is 2.03 bits per heavy atom. The standard InChI is InChI=1S/C26H24ClN3O5/c27-20-5-1-6-21(13-20)34-16-23(31)19-8-9-24-22(12-19)30(26(33)17-35-24)11-3-7-25(32)29-15-18-4-2-10-28-14-18/h1-2,4-6,8-10,12-14H,3,7,11,15-17H2,(H,29,32). The van der Waals surface area contributed by atoms with Crippen molar-refractivity contribution in [2.45, 2.75) is 19.4 Å². The smallest absolute Gasteiger partial charge is 0.265 e. The molecule has 0 atom stereocenters. The summed E-state index contributed by atoms with van der Waals surface area (Å²) in [5.41, 5.74) is 1.81. The number of rotatable bonds is 10. The number of ether oxygens (including phenoxy) is 2. The number of pyridine rings is 1. The molecule has 0 spiro atoms. The molecule has 3 aromatic rings. The summed E-state index contributed by atoms with van der Waals surface area (Å²) in [6, 6.07) is 15.4. The number of carbonyl (C=O) groups excluding carboxylic acids is 3. The minimum absolute atomic E-state index is 0.0919. The number of halogens is 1. The van der Waals surface area contributed by atoms with Crippen molar-refractivity contribution in [3.63, 3.8) is 0 Å². The van der Waals surface area contributed by atoms with E-state index in [-0.39, 0.29) is 37.2 Å². The number of hydrogen-bond donors (Lipinski definition) is 1. The first-order valence-corrected chi connectivity index (χ1v) is 11.5. The first kappa shape index (κ1) is 24.2. The van der Waals surface area contributed by atoms with Gasteiger partial charge >= 0.3 is 0 Å². The van der Waals surface area contributed by atoms with Crippen LogP contribution in [-0.2, 0) is 16.1 Å². The van der Waals surface area contributed by atoms with E-state index in [1.807, 2.05) is 12.1 Å². The number of nitrogens with one attached hydrogen (secondary N) is 1. The number of fused-ring (bicyclic) bond motifs is 1. The Kier molecular flexibility index (Phi) is 7.95. The molecule has 4 rings (SSSR count). The highest BCUT2D eigenvalue weighted by Crippen LogP contribution is 2.33. The fraction of sp³-hybridized carbons (Fsp3) is 0.231. The van der Waals surface area contributed by atoms with E-state index < -0.39 is 0 Å². The van der Waals surface area contributed by atoms with Gasteiger partial charge in [0.2, 0.25) is 5.91 Å². The van der Waals surface area contributed by atoms with Crippen molar-refractivity contribution in [2.24, 2.45) is 0 Å². The Labute approximate surface area is 207 Å². The summed E-state index contributed by atoms with van der Waals surface area (Å²) in [6.45, 7) is 0.456. The van der Waals surface area contributed by atoms with E-state index in [2.05, 4.69) is 10.3 Å². The summed E-state index contributed by atoms with van der Waals surface area (Å²) >= 11 is 5.95. The average molecular weight is 494 g/mol. The van der Waals surface area contributed by atoms with Crippen LogP contribution in [0.15, 0.2) is 67.0 Å². The van der Waals surface area contributed by atoms with Gasteiger partial charge in [0, 0.05) is 42.5 Å². The Bertz CT molecular complexity index is 1220. The van der Waals surface area contributed by atoms with Gasteiger partial charge in [0.25, 0.3) is 5.91 Å². The summed E-state index contributed by atoms with van der Waals surface area (Å²) in [5.74, 6) is 0.411. The van der Waals surface area contributed by atoms with Crippen LogP contribution in [0, 0.1) is 0 Å². The maximum atomic E-state index is 12.7. The number of Topliss-reactive ketones (excluding diaryl/α,β-unsaturated/α-hetero) is 1. The van der Waals surface area contributed by atoms with Crippen molar-refractivity contribution in [1.82, 2.24) is 10.3 Å². The van der Waals surface area contributed by atoms with Crippen LogP contribution >= 0.6 is 11.6 Å². The van der Waals surface area contributed by atoms with Gasteiger partial charge in [-0.2, -0.15) is 0 Å². The van der Waals surface area contributed by atoms with Crippen molar-refractivity contribution in [3.05, 3.63) is 83.1 Å². The zero-order valence-corrected chi connectivity index (χ0v) is 19.7. The van der Waals surface area contributed by atoms with Crippen LogP contribution in [0.4, 0.5) is 5.69 Å². The van der Waals surface area contributed by atoms with Crippen molar-refractivity contribution in [2.75, 3.05) is 24.7 Å². The molecule has 0 saturated heterocycles. The molecule has 9 heteroatoms. The number of anilines is 1. The van der Waals surface area contributed by atoms with Crippen LogP contribution < -0.4 is 19.7 Å². The Balaban J connectivity index is 1.34. The molecule has 0 radical (unpaired) electrons. The molecule has 2 heterocycles. The molecule has 180 valence electrons. The van der Waals surface area contributed by atoms with Crippen LogP contribution in [-0.4, -0.2) is 42.3 Å². The molecule has 0 saturated carbocycles. The van der Waals surface area contributed by atoms with E-state index in [0.717, 1.165) is 5.56 Å². The lowest BCUT2D eigenvalue weighted by Gasteiger charge is -2.29. The fourth-order valence-corrected chi connectivity index (χ4v) is 3.78. The van der Waals surface area contributed by atoms with Crippen LogP contribution in [0.5, 0.6) is 11.5 Å². The van der Waals surface area contributed by atoms with Crippen molar-refractivity contribution < 1.29 is 23.9 Å². The molecule has 2 amide bonds. The zero-order valence-electron chi connectivity index (χ0n) is 18.9. The van der Waals surface area contributed by atoms with E-state index in [0.29, 0.717) is 47.3 Å². The van der Waals surface area contributed by atoms with Gasteiger partial charge in [-0.3, -0.25) is 19.4 Å². The second-order valence-electron chi connectivity index (χ2n) is 7.93. The summed E-state index contributed by atoms with van der Waals surface area (Å²) in [5, 5.41) is 3.36. The van der Waals surface area contributed by atoms with Crippen molar-refractivity contribution in [3.8, 4) is 11.5 Å². The van der Waals surface area contributed by atoms with E-state index in [9.17, 15) is 14.4 Å². The fourth-order valence-electron chi connectivity index (χ4n) is 3.60. The molecular formula is C26H24ClN3O5. The number of hydrogen-bond acceptors (Lipinski definition) is 6. The molecule has 8 nitrogen and oxygen atoms in total. The molecule has 35 heavy (non-hydrogen) atoms. The maximum Gasteiger partial charge on any atom is 0.265 e. The second kappa shape index (κ2) is 11.5. The molecule has 0 aliphatic carbocycles. The van der Waals surface area contributed by atoms with Crippen LogP contribution in [0.3, 0.4) is 0 Å². The molecule has 1 aromatic heterocycles. The lowest BCUT2D eigenvalue weighted by Crippen LogP contribution is -2.40. The first-order chi connectivity index (χ1) is 17.0. The molecule has 0 fully saturated rings. The largest absolute Gasteiger partial charge is 0.485 e. The molecule has 0 unspecified atom stereocenters. The molecular weight excluding hydrogens is 470 g/mol. The highest BCUT2D eigenvalue weighted by Gasteiger charge is 2.26. The molecule has 1 N–H and O–H groups in total. The van der Waals surface area contributed by atoms with Gasteiger partial charge in [-0.05, 0) is 54.4 Å². The van der Waals surface area contributed by atoms with Crippen LogP contribution in [0.25, 0.3) is 0 Å². The quantitative estimate of drug-likeness (QED) is 0.431. The Hall–Kier alpha value is -3.91. The molecule has 1 aliphatic heterocycles. The number of carbonyl (C=O) groups is 3. The van der Waals surface area contributed by atoms with Gasteiger partial charge < -0.3 is 19.7 Å². The van der Waals surface area contributed by atoms with Gasteiger partial charge in [0.15, 0.2) is 19.0 Å². The predicted molar refractivity (Wildman–Crippen MR) is 131 cm³/mol. The first-order valence-electron chi connectivity index (χ1n) is 11.1. The summed E-state index contributed by atoms with van der Waals surface area (Å²) in [7, 11) is 0. The van der Waals surface area contributed by atoms with Gasteiger partial charge in [-0.1, -0.05) is 23.7 Å². The Morgan fingerprint density at radius 3 is 2.83 bits per heavy atom. The van der Waals surface area contributed by atoms with E-state index in [1.54, 1.807) is 59.8 Å². The van der Waals surface area contributed by atoms with Crippen LogP contribution in [0.2, 0.25) is 5.02 Å². The number of aromatic nitrogens is 1. The normalized spacial score (nSPS) is 12.5. The molecule has 1 aliphatic rings. The minimum atomic E-state index is -0.250. The number of amides is 2. The molecule has 0 bridgehead atoms. The van der Waals surface area contributed by atoms with Crippen molar-refractivity contribution in [1.29, 1.82) is 0 Å². The highest BCUT2D eigenvalue weighted by atomic mass is 35.5. The average Bonchev–Trinajstić information content (AvgIpc) is 2.87. The summed E-state index contributed by atoms with van der Waals surface area (Å²) in [6.07, 6.45) is 4.09. The SMILES string of the molecule is O=C(CCCN1C(=O)COc2ccc(C(=O)COc3cccc(Cl)c3)cc21)NCc1cccnc1. The van der Waals surface area contributed by atoms with Gasteiger partial charge in [0.05, 0.1) is 5.69 Å². The Morgan fingerprint density at radius 1 is 1.14 bits per heavy atom. The minimum Gasteiger partial charge on any atom is -0.485 e. The maximum absolute atomic E-state index is 12.7.